The summed E-state index contributed by atoms with van der Waals surface area (Å²) in [7, 11) is -0.796. The lowest BCUT2D eigenvalue weighted by Gasteiger charge is -2.21. The van der Waals surface area contributed by atoms with Crippen molar-refractivity contribution in [3.8, 4) is 5.75 Å². The number of ether oxygens (including phenoxy) is 1. The first kappa shape index (κ1) is 25.8. The van der Waals surface area contributed by atoms with Gasteiger partial charge in [-0.3, -0.25) is 14.0 Å². The number of carbonyl (C=O) groups is 1. The van der Waals surface area contributed by atoms with E-state index in [1.807, 2.05) is 6.07 Å². The molecule has 1 amide bonds. The number of amides is 1. The first-order valence-electron chi connectivity index (χ1n) is 11.4. The lowest BCUT2D eigenvalue weighted by atomic mass is 10.2. The number of anilines is 2. The van der Waals surface area contributed by atoms with Gasteiger partial charge in [0.05, 0.1) is 40.2 Å². The van der Waals surface area contributed by atoms with Crippen LogP contribution in [0.25, 0.3) is 10.2 Å². The van der Waals surface area contributed by atoms with Crippen LogP contribution in [-0.4, -0.2) is 33.5 Å². The molecule has 0 bridgehead atoms. The highest BCUT2D eigenvalue weighted by atomic mass is 35.5. The monoisotopic (exact) mass is 567 g/mol. The third kappa shape index (κ3) is 4.85. The minimum Gasteiger partial charge on any atom is -0.494 e. The lowest BCUT2D eigenvalue weighted by Crippen LogP contribution is -2.30. The third-order valence-corrected chi connectivity index (χ3v) is 9.26. The van der Waals surface area contributed by atoms with Crippen LogP contribution in [0.4, 0.5) is 10.8 Å². The van der Waals surface area contributed by atoms with Gasteiger partial charge in [-0.05, 0) is 60.7 Å². The van der Waals surface area contributed by atoms with Gasteiger partial charge in [0.1, 0.15) is 17.0 Å². The standard InChI is InChI=1S/C27H22ClN3O5S2/c1-30(19-7-4-3-5-8-19)38(33,34)21-12-10-18(11-13-21)26(32)31(17-20-9-6-16-36-20)27-29-24-23(35-2)15-14-22(28)25(24)37-27/h3-16H,17H2,1-2H3. The minimum atomic E-state index is -3.82. The summed E-state index contributed by atoms with van der Waals surface area (Å²) in [5.74, 6) is 0.713. The number of sulfonamides is 1. The Morgan fingerprint density at radius 3 is 2.42 bits per heavy atom. The molecule has 0 saturated heterocycles. The number of fused-ring (bicyclic) bond motifs is 1. The molecular formula is C27H22ClN3O5S2. The molecule has 2 aromatic heterocycles. The molecule has 0 fully saturated rings. The number of thiazole rings is 1. The van der Waals surface area contributed by atoms with Gasteiger partial charge in [-0.1, -0.05) is 41.1 Å². The molecule has 0 atom stereocenters. The first-order chi connectivity index (χ1) is 18.3. The van der Waals surface area contributed by atoms with E-state index >= 15 is 0 Å². The van der Waals surface area contributed by atoms with Gasteiger partial charge >= 0.3 is 0 Å². The van der Waals surface area contributed by atoms with E-state index in [9.17, 15) is 13.2 Å². The Kier molecular flexibility index (Phi) is 7.11. The van der Waals surface area contributed by atoms with Crippen LogP contribution < -0.4 is 13.9 Å². The zero-order chi connectivity index (χ0) is 26.9. The van der Waals surface area contributed by atoms with Crippen LogP contribution in [0, 0.1) is 0 Å². The maximum absolute atomic E-state index is 13.7. The van der Waals surface area contributed by atoms with Gasteiger partial charge in [-0.15, -0.1) is 0 Å². The number of nitrogens with zero attached hydrogens (tertiary/aromatic N) is 3. The van der Waals surface area contributed by atoms with Gasteiger partial charge in [0.25, 0.3) is 15.9 Å². The molecule has 5 aromatic rings. The van der Waals surface area contributed by atoms with Crippen LogP contribution in [0.2, 0.25) is 5.02 Å². The molecule has 0 saturated carbocycles. The van der Waals surface area contributed by atoms with Crippen molar-refractivity contribution in [3.05, 3.63) is 101 Å². The molecule has 0 unspecified atom stereocenters. The number of para-hydroxylation sites is 1. The van der Waals surface area contributed by atoms with Gasteiger partial charge in [0, 0.05) is 12.6 Å². The Hall–Kier alpha value is -3.86. The van der Waals surface area contributed by atoms with Gasteiger partial charge in [0.2, 0.25) is 0 Å². The highest BCUT2D eigenvalue weighted by Gasteiger charge is 2.26. The van der Waals surface area contributed by atoms with Crippen LogP contribution >= 0.6 is 22.9 Å². The van der Waals surface area contributed by atoms with E-state index in [1.165, 1.54) is 65.2 Å². The van der Waals surface area contributed by atoms with Crippen molar-refractivity contribution in [1.82, 2.24) is 4.98 Å². The second kappa shape index (κ2) is 10.5. The highest BCUT2D eigenvalue weighted by Crippen LogP contribution is 2.39. The number of methoxy groups -OCH3 is 1. The molecule has 194 valence electrons. The average Bonchev–Trinajstić information content (AvgIpc) is 3.62. The van der Waals surface area contributed by atoms with Crippen LogP contribution in [0.1, 0.15) is 16.1 Å². The number of hydrogen-bond donors (Lipinski definition) is 0. The molecule has 38 heavy (non-hydrogen) atoms. The van der Waals surface area contributed by atoms with Crippen molar-refractivity contribution in [2.24, 2.45) is 0 Å². The van der Waals surface area contributed by atoms with Gasteiger partial charge < -0.3 is 9.15 Å². The van der Waals surface area contributed by atoms with E-state index < -0.39 is 10.0 Å². The van der Waals surface area contributed by atoms with E-state index in [2.05, 4.69) is 4.98 Å². The molecule has 0 radical (unpaired) electrons. The fourth-order valence-corrected chi connectivity index (χ4v) is 6.32. The molecule has 5 rings (SSSR count). The van der Waals surface area contributed by atoms with Crippen molar-refractivity contribution >= 4 is 59.9 Å². The summed E-state index contributed by atoms with van der Waals surface area (Å²) in [6, 6.07) is 21.5. The number of aromatic nitrogens is 1. The molecule has 0 spiro atoms. The topological polar surface area (TPSA) is 92.9 Å². The Morgan fingerprint density at radius 1 is 1.03 bits per heavy atom. The predicted octanol–water partition coefficient (Wildman–Crippen LogP) is 6.22. The van der Waals surface area contributed by atoms with Crippen LogP contribution in [-0.2, 0) is 16.6 Å². The maximum Gasteiger partial charge on any atom is 0.264 e. The van der Waals surface area contributed by atoms with Crippen molar-refractivity contribution in [3.63, 3.8) is 0 Å². The number of halogens is 1. The quantitative estimate of drug-likeness (QED) is 0.221. The van der Waals surface area contributed by atoms with Crippen molar-refractivity contribution in [2.75, 3.05) is 23.4 Å². The lowest BCUT2D eigenvalue weighted by molar-refractivity contribution is 0.0983. The number of carbonyl (C=O) groups excluding carboxylic acids is 1. The Bertz CT molecular complexity index is 1690. The number of rotatable bonds is 8. The van der Waals surface area contributed by atoms with Gasteiger partial charge in [-0.2, -0.15) is 0 Å². The van der Waals surface area contributed by atoms with Crippen LogP contribution in [0.5, 0.6) is 5.75 Å². The third-order valence-electron chi connectivity index (χ3n) is 5.92. The van der Waals surface area contributed by atoms with E-state index in [1.54, 1.807) is 48.5 Å². The zero-order valence-electron chi connectivity index (χ0n) is 20.4. The van der Waals surface area contributed by atoms with E-state index in [0.717, 1.165) is 0 Å². The van der Waals surface area contributed by atoms with E-state index in [-0.39, 0.29) is 22.9 Å². The summed E-state index contributed by atoms with van der Waals surface area (Å²) in [5.41, 5.74) is 1.36. The van der Waals surface area contributed by atoms with Crippen molar-refractivity contribution < 1.29 is 22.4 Å². The SMILES string of the molecule is COc1ccc(Cl)c2sc(N(Cc3ccco3)C(=O)c3ccc(S(=O)(=O)N(C)c4ccccc4)cc3)nc12. The summed E-state index contributed by atoms with van der Waals surface area (Å²) in [6.45, 7) is 0.113. The van der Waals surface area contributed by atoms with E-state index in [0.29, 0.717) is 37.6 Å². The summed E-state index contributed by atoms with van der Waals surface area (Å²) < 4.78 is 39.1. The second-order valence-electron chi connectivity index (χ2n) is 8.23. The van der Waals surface area contributed by atoms with Crippen molar-refractivity contribution in [2.45, 2.75) is 11.4 Å². The summed E-state index contributed by atoms with van der Waals surface area (Å²) in [5, 5.41) is 0.889. The summed E-state index contributed by atoms with van der Waals surface area (Å²) in [6.07, 6.45) is 1.53. The van der Waals surface area contributed by atoms with Crippen LogP contribution in [0.3, 0.4) is 0 Å². The van der Waals surface area contributed by atoms with Crippen molar-refractivity contribution in [1.29, 1.82) is 0 Å². The minimum absolute atomic E-state index is 0.0643. The Labute approximate surface area is 228 Å². The molecule has 0 aliphatic heterocycles. The number of hydrogen-bond acceptors (Lipinski definition) is 7. The molecule has 0 aliphatic rings. The molecule has 3 aromatic carbocycles. The molecule has 11 heteroatoms. The largest absolute Gasteiger partial charge is 0.494 e. The number of furan rings is 1. The first-order valence-corrected chi connectivity index (χ1v) is 14.0. The van der Waals surface area contributed by atoms with Gasteiger partial charge in [0.15, 0.2) is 5.13 Å². The average molecular weight is 568 g/mol. The number of benzene rings is 3. The smallest absolute Gasteiger partial charge is 0.264 e. The summed E-state index contributed by atoms with van der Waals surface area (Å²) in [4.78, 5) is 19.9. The zero-order valence-corrected chi connectivity index (χ0v) is 22.8. The predicted molar refractivity (Wildman–Crippen MR) is 149 cm³/mol. The maximum atomic E-state index is 13.7. The molecule has 8 nitrogen and oxygen atoms in total. The van der Waals surface area contributed by atoms with Gasteiger partial charge in [-0.25, -0.2) is 13.4 Å². The molecule has 0 N–H and O–H groups in total. The highest BCUT2D eigenvalue weighted by molar-refractivity contribution is 7.92. The fourth-order valence-electron chi connectivity index (χ4n) is 3.87. The molecule has 2 heterocycles. The Morgan fingerprint density at radius 2 is 1.76 bits per heavy atom. The fraction of sp³-hybridized carbons (Fsp3) is 0.111. The normalized spacial score (nSPS) is 11.4. The van der Waals surface area contributed by atoms with Crippen LogP contribution in [0.15, 0.2) is 94.4 Å². The Balaban J connectivity index is 1.49. The molecular weight excluding hydrogens is 546 g/mol. The molecule has 0 aliphatic carbocycles. The van der Waals surface area contributed by atoms with E-state index in [4.69, 9.17) is 20.8 Å². The summed E-state index contributed by atoms with van der Waals surface area (Å²) >= 11 is 7.66. The second-order valence-corrected chi connectivity index (χ2v) is 11.6.